The maximum Gasteiger partial charge on any atom is 0.232 e. The predicted molar refractivity (Wildman–Crippen MR) is 93.7 cm³/mol. The molecule has 0 saturated heterocycles. The largest absolute Gasteiger partial charge is 0.325 e. The Hall–Kier alpha value is -2.16. The lowest BCUT2D eigenvalue weighted by Gasteiger charge is -1.99. The summed E-state index contributed by atoms with van der Waals surface area (Å²) in [6.07, 6.45) is 2.57. The van der Waals surface area contributed by atoms with Crippen molar-refractivity contribution in [3.05, 3.63) is 62.8 Å². The minimum absolute atomic E-state index is 0.161. The lowest BCUT2D eigenvalue weighted by atomic mass is 10.1. The number of nitrogens with zero attached hydrogens (tertiary/aromatic N) is 2. The summed E-state index contributed by atoms with van der Waals surface area (Å²) in [6, 6.07) is 6.35. The van der Waals surface area contributed by atoms with E-state index in [0.717, 1.165) is 15.4 Å². The van der Waals surface area contributed by atoms with Crippen LogP contribution in [-0.2, 0) is 24.2 Å². The molecule has 3 rings (SSSR count). The van der Waals surface area contributed by atoms with E-state index in [1.807, 2.05) is 5.38 Å². The molecule has 0 bridgehead atoms. The number of rotatable bonds is 6. The molecule has 124 valence electrons. The molecule has 0 atom stereocenters. The van der Waals surface area contributed by atoms with E-state index in [1.54, 1.807) is 18.3 Å². The number of thiazole rings is 2. The second-order valence-corrected chi connectivity index (χ2v) is 7.15. The molecule has 3 N–H and O–H groups in total. The smallest absolute Gasteiger partial charge is 0.232 e. The second kappa shape index (κ2) is 7.61. The summed E-state index contributed by atoms with van der Waals surface area (Å²) in [5.74, 6) is -0.414. The van der Waals surface area contributed by atoms with Crippen molar-refractivity contribution in [2.45, 2.75) is 19.4 Å². The highest BCUT2D eigenvalue weighted by Crippen LogP contribution is 2.21. The molecule has 0 saturated carbocycles. The molecule has 1 aromatic carbocycles. The molecule has 8 heteroatoms. The van der Waals surface area contributed by atoms with Crippen LogP contribution in [0.25, 0.3) is 0 Å². The Balaban J connectivity index is 1.57. The van der Waals surface area contributed by atoms with Gasteiger partial charge < -0.3 is 11.1 Å². The molecule has 1 amide bonds. The van der Waals surface area contributed by atoms with Gasteiger partial charge in [0.25, 0.3) is 0 Å². The van der Waals surface area contributed by atoms with Gasteiger partial charge in [0, 0.05) is 29.4 Å². The summed E-state index contributed by atoms with van der Waals surface area (Å²) in [4.78, 5) is 21.5. The van der Waals surface area contributed by atoms with E-state index in [1.165, 1.54) is 34.8 Å². The summed E-state index contributed by atoms with van der Waals surface area (Å²) >= 11 is 2.85. The Bertz CT molecular complexity index is 829. The first-order valence-corrected chi connectivity index (χ1v) is 8.94. The molecule has 2 aromatic heterocycles. The summed E-state index contributed by atoms with van der Waals surface area (Å²) in [5.41, 5.74) is 7.21. The first kappa shape index (κ1) is 16.7. The van der Waals surface area contributed by atoms with E-state index in [2.05, 4.69) is 15.3 Å². The summed E-state index contributed by atoms with van der Waals surface area (Å²) in [6.45, 7) is 0.380. The average molecular weight is 362 g/mol. The maximum atomic E-state index is 12.9. The van der Waals surface area contributed by atoms with E-state index in [-0.39, 0.29) is 18.1 Å². The van der Waals surface area contributed by atoms with Crippen LogP contribution in [0.5, 0.6) is 0 Å². The van der Waals surface area contributed by atoms with Crippen molar-refractivity contribution in [1.82, 2.24) is 9.97 Å². The summed E-state index contributed by atoms with van der Waals surface area (Å²) < 4.78 is 12.9. The fourth-order valence-corrected chi connectivity index (χ4v) is 3.64. The lowest BCUT2D eigenvalue weighted by Crippen LogP contribution is -2.14. The number of aromatic nitrogens is 2. The van der Waals surface area contributed by atoms with Crippen LogP contribution in [0.1, 0.15) is 21.1 Å². The lowest BCUT2D eigenvalue weighted by molar-refractivity contribution is -0.115. The molecule has 0 fully saturated rings. The standard InChI is InChI=1S/C16H15FN4OS2/c17-11-3-1-10(2-4-11)5-13-8-19-16(24-13)21-14(22)6-12-9-23-15(7-18)20-12/h1-4,8-9H,5-7,18H2,(H,19,21,22). The van der Waals surface area contributed by atoms with Gasteiger partial charge in [-0.05, 0) is 17.7 Å². The number of carbonyl (C=O) groups excluding carboxylic acids is 1. The number of amides is 1. The molecule has 0 aliphatic carbocycles. The van der Waals surface area contributed by atoms with Gasteiger partial charge in [-0.25, -0.2) is 14.4 Å². The average Bonchev–Trinajstić information content (AvgIpc) is 3.19. The molecule has 0 unspecified atom stereocenters. The fraction of sp³-hybridized carbons (Fsp3) is 0.188. The van der Waals surface area contributed by atoms with Crippen LogP contribution in [0.2, 0.25) is 0 Å². The SMILES string of the molecule is NCc1nc(CC(=O)Nc2ncc(Cc3ccc(F)cc3)s2)cs1. The maximum absolute atomic E-state index is 12.9. The van der Waals surface area contributed by atoms with Gasteiger partial charge in [-0.3, -0.25) is 4.79 Å². The van der Waals surface area contributed by atoms with Crippen LogP contribution in [0.3, 0.4) is 0 Å². The van der Waals surface area contributed by atoms with Crippen LogP contribution in [-0.4, -0.2) is 15.9 Å². The van der Waals surface area contributed by atoms with Crippen LogP contribution in [0.15, 0.2) is 35.8 Å². The van der Waals surface area contributed by atoms with Crippen molar-refractivity contribution in [2.24, 2.45) is 5.73 Å². The number of hydrogen-bond acceptors (Lipinski definition) is 6. The molecule has 5 nitrogen and oxygen atoms in total. The zero-order valence-corrected chi connectivity index (χ0v) is 14.3. The van der Waals surface area contributed by atoms with Crippen molar-refractivity contribution in [3.63, 3.8) is 0 Å². The van der Waals surface area contributed by atoms with Gasteiger partial charge in [0.2, 0.25) is 5.91 Å². The van der Waals surface area contributed by atoms with Crippen molar-refractivity contribution >= 4 is 33.7 Å². The zero-order valence-electron chi connectivity index (χ0n) is 12.7. The molecular formula is C16H15FN4OS2. The van der Waals surface area contributed by atoms with Gasteiger partial charge in [-0.2, -0.15) is 0 Å². The molecule has 24 heavy (non-hydrogen) atoms. The van der Waals surface area contributed by atoms with Crippen LogP contribution >= 0.6 is 22.7 Å². The van der Waals surface area contributed by atoms with Gasteiger partial charge >= 0.3 is 0 Å². The zero-order chi connectivity index (χ0) is 16.9. The number of carbonyl (C=O) groups is 1. The highest BCUT2D eigenvalue weighted by Gasteiger charge is 2.10. The molecule has 2 heterocycles. The molecule has 0 spiro atoms. The van der Waals surface area contributed by atoms with E-state index in [0.29, 0.717) is 23.8 Å². The molecule has 0 radical (unpaired) electrons. The summed E-state index contributed by atoms with van der Waals surface area (Å²) in [5, 5.41) is 5.97. The van der Waals surface area contributed by atoms with Crippen LogP contribution < -0.4 is 11.1 Å². The number of nitrogens with one attached hydrogen (secondary N) is 1. The highest BCUT2D eigenvalue weighted by atomic mass is 32.1. The van der Waals surface area contributed by atoms with Crippen LogP contribution in [0.4, 0.5) is 9.52 Å². The fourth-order valence-electron chi connectivity index (χ4n) is 2.10. The Morgan fingerprint density at radius 3 is 2.79 bits per heavy atom. The number of hydrogen-bond donors (Lipinski definition) is 2. The molecule has 0 aliphatic heterocycles. The predicted octanol–water partition coefficient (Wildman–Crippen LogP) is 2.97. The Labute approximate surface area is 146 Å². The number of anilines is 1. The van der Waals surface area contributed by atoms with Crippen LogP contribution in [0, 0.1) is 5.82 Å². The minimum Gasteiger partial charge on any atom is -0.325 e. The van der Waals surface area contributed by atoms with E-state index in [9.17, 15) is 9.18 Å². The highest BCUT2D eigenvalue weighted by molar-refractivity contribution is 7.15. The van der Waals surface area contributed by atoms with Gasteiger partial charge in [-0.15, -0.1) is 22.7 Å². The van der Waals surface area contributed by atoms with Crippen molar-refractivity contribution in [1.29, 1.82) is 0 Å². The molecule has 0 aliphatic rings. The van der Waals surface area contributed by atoms with E-state index in [4.69, 9.17) is 5.73 Å². The van der Waals surface area contributed by atoms with E-state index >= 15 is 0 Å². The number of halogens is 1. The Morgan fingerprint density at radius 1 is 1.29 bits per heavy atom. The molecule has 3 aromatic rings. The van der Waals surface area contributed by atoms with Gasteiger partial charge in [-0.1, -0.05) is 12.1 Å². The third-order valence-corrected chi connectivity index (χ3v) is 5.04. The Kier molecular flexibility index (Phi) is 5.29. The number of benzene rings is 1. The second-order valence-electron chi connectivity index (χ2n) is 5.10. The monoisotopic (exact) mass is 362 g/mol. The first-order valence-electron chi connectivity index (χ1n) is 7.24. The molecular weight excluding hydrogens is 347 g/mol. The van der Waals surface area contributed by atoms with Crippen molar-refractivity contribution in [2.75, 3.05) is 5.32 Å². The minimum atomic E-state index is -0.254. The van der Waals surface area contributed by atoms with Gasteiger partial charge in [0.05, 0.1) is 12.1 Å². The Morgan fingerprint density at radius 2 is 2.08 bits per heavy atom. The van der Waals surface area contributed by atoms with E-state index < -0.39 is 0 Å². The third-order valence-electron chi connectivity index (χ3n) is 3.21. The normalized spacial score (nSPS) is 10.8. The summed E-state index contributed by atoms with van der Waals surface area (Å²) in [7, 11) is 0. The topological polar surface area (TPSA) is 80.9 Å². The quantitative estimate of drug-likeness (QED) is 0.706. The van der Waals surface area contributed by atoms with Gasteiger partial charge in [0.15, 0.2) is 5.13 Å². The van der Waals surface area contributed by atoms with Crippen molar-refractivity contribution < 1.29 is 9.18 Å². The van der Waals surface area contributed by atoms with Gasteiger partial charge in [0.1, 0.15) is 10.8 Å². The third kappa shape index (κ3) is 4.44. The van der Waals surface area contributed by atoms with Crippen molar-refractivity contribution in [3.8, 4) is 0 Å². The first-order chi connectivity index (χ1) is 11.6. The number of nitrogens with two attached hydrogens (primary N) is 1.